The fourth-order valence-corrected chi connectivity index (χ4v) is 2.63. The fourth-order valence-electron chi connectivity index (χ4n) is 1.64. The van der Waals surface area contributed by atoms with Crippen molar-refractivity contribution in [2.75, 3.05) is 13.1 Å². The molecule has 1 aromatic heterocycles. The molecule has 0 spiro atoms. The maximum atomic E-state index is 10.7. The number of carbonyl (C=O) groups is 1. The van der Waals surface area contributed by atoms with Crippen LogP contribution >= 0.6 is 22.9 Å². The zero-order valence-corrected chi connectivity index (χ0v) is 10.4. The first-order valence-electron chi connectivity index (χ1n) is 4.93. The molecular weight excluding hydrogens is 260 g/mol. The lowest BCUT2D eigenvalue weighted by atomic mass is 10.3. The highest BCUT2D eigenvalue weighted by Gasteiger charge is 2.21. The van der Waals surface area contributed by atoms with Gasteiger partial charge in [0.05, 0.1) is 6.54 Å². The van der Waals surface area contributed by atoms with E-state index in [2.05, 4.69) is 10.3 Å². The Bertz CT molecular complexity index is 505. The first kappa shape index (κ1) is 11.9. The molecule has 88 valence electrons. The molecule has 0 aromatic carbocycles. The minimum absolute atomic E-state index is 0.123. The number of aromatic nitrogens is 1. The molecule has 0 amide bonds. The molecule has 1 saturated heterocycles. The minimum Gasteiger partial charge on any atom is -0.369 e. The number of aldehydes is 1. The molecule has 2 rings (SSSR count). The van der Waals surface area contributed by atoms with Crippen molar-refractivity contribution in [1.29, 1.82) is 5.26 Å². The number of hydrogen-bond acceptors (Lipinski definition) is 6. The van der Waals surface area contributed by atoms with Gasteiger partial charge in [-0.3, -0.25) is 4.79 Å². The first-order valence-corrected chi connectivity index (χ1v) is 6.12. The predicted molar refractivity (Wildman–Crippen MR) is 64.2 cm³/mol. The van der Waals surface area contributed by atoms with Gasteiger partial charge in [-0.2, -0.15) is 5.26 Å². The summed E-state index contributed by atoms with van der Waals surface area (Å²) in [5.74, 6) is 0.590. The first-order chi connectivity index (χ1) is 8.24. The zero-order valence-electron chi connectivity index (χ0n) is 8.81. The molecule has 0 radical (unpaired) electrons. The summed E-state index contributed by atoms with van der Waals surface area (Å²) in [5.41, 5.74) is 0.123. The van der Waals surface area contributed by atoms with E-state index >= 15 is 0 Å². The third kappa shape index (κ3) is 2.57. The van der Waals surface area contributed by atoms with Crippen LogP contribution in [0.1, 0.15) is 4.88 Å². The van der Waals surface area contributed by atoms with Crippen LogP contribution in [0.3, 0.4) is 0 Å². The second-order valence-electron chi connectivity index (χ2n) is 3.42. The molecule has 17 heavy (non-hydrogen) atoms. The molecule has 2 heterocycles. The Morgan fingerprint density at radius 2 is 2.65 bits per heavy atom. The van der Waals surface area contributed by atoms with Crippen molar-refractivity contribution in [1.82, 2.24) is 15.2 Å². The van der Waals surface area contributed by atoms with Crippen molar-refractivity contribution in [3.8, 4) is 6.07 Å². The summed E-state index contributed by atoms with van der Waals surface area (Å²) in [7, 11) is 0. The number of nitrogens with one attached hydrogen (secondary N) is 1. The van der Waals surface area contributed by atoms with Crippen LogP contribution in [0.4, 0.5) is 0 Å². The van der Waals surface area contributed by atoms with E-state index in [9.17, 15) is 4.79 Å². The smallest absolute Gasteiger partial charge is 0.183 e. The summed E-state index contributed by atoms with van der Waals surface area (Å²) in [6.07, 6.45) is 2.27. The average Bonchev–Trinajstić information content (AvgIpc) is 2.92. The van der Waals surface area contributed by atoms with E-state index < -0.39 is 0 Å². The third-order valence-corrected chi connectivity index (χ3v) is 3.46. The van der Waals surface area contributed by atoms with E-state index in [-0.39, 0.29) is 5.57 Å². The SMILES string of the molecule is N#CC(C=O)=C1NCCN1Cc1cnc(Cl)s1. The number of nitriles is 1. The third-order valence-electron chi connectivity index (χ3n) is 2.36. The number of allylic oxidation sites excluding steroid dienone is 1. The van der Waals surface area contributed by atoms with Crippen molar-refractivity contribution < 1.29 is 4.79 Å². The van der Waals surface area contributed by atoms with Gasteiger partial charge in [0, 0.05) is 24.2 Å². The number of halogens is 1. The molecule has 0 saturated carbocycles. The summed E-state index contributed by atoms with van der Waals surface area (Å²) in [5, 5.41) is 11.9. The summed E-state index contributed by atoms with van der Waals surface area (Å²) in [6, 6.07) is 1.88. The molecule has 5 nitrogen and oxygen atoms in total. The molecular formula is C10H9ClN4OS. The van der Waals surface area contributed by atoms with E-state index in [1.807, 2.05) is 11.0 Å². The van der Waals surface area contributed by atoms with Gasteiger partial charge in [-0.25, -0.2) is 4.98 Å². The fraction of sp³-hybridized carbons (Fsp3) is 0.300. The van der Waals surface area contributed by atoms with Crippen LogP contribution in [0.5, 0.6) is 0 Å². The lowest BCUT2D eigenvalue weighted by Crippen LogP contribution is -2.21. The minimum atomic E-state index is 0.123. The van der Waals surface area contributed by atoms with Gasteiger partial charge < -0.3 is 10.2 Å². The number of carbonyl (C=O) groups excluding carboxylic acids is 1. The zero-order chi connectivity index (χ0) is 12.3. The molecule has 1 aliphatic rings. The molecule has 0 aliphatic carbocycles. The monoisotopic (exact) mass is 268 g/mol. The summed E-state index contributed by atoms with van der Waals surface area (Å²) in [4.78, 5) is 17.6. The van der Waals surface area contributed by atoms with Crippen LogP contribution < -0.4 is 5.32 Å². The Balaban J connectivity index is 2.19. The number of thiazole rings is 1. The molecule has 0 unspecified atom stereocenters. The Hall–Kier alpha value is -1.58. The molecule has 1 fully saturated rings. The standard InChI is InChI=1S/C10H9ClN4OS/c11-10-14-4-8(17-10)5-15-2-1-13-9(15)7(3-12)6-16/h4,6,13H,1-2,5H2. The molecule has 1 aromatic rings. The van der Waals surface area contributed by atoms with Crippen LogP contribution in [0.15, 0.2) is 17.6 Å². The predicted octanol–water partition coefficient (Wildman–Crippen LogP) is 1.14. The van der Waals surface area contributed by atoms with Gasteiger partial charge in [0.15, 0.2) is 10.8 Å². The molecule has 0 bridgehead atoms. The van der Waals surface area contributed by atoms with E-state index in [0.29, 0.717) is 23.1 Å². The topological polar surface area (TPSA) is 69.0 Å². The van der Waals surface area contributed by atoms with Gasteiger partial charge in [0.2, 0.25) is 0 Å². The van der Waals surface area contributed by atoms with Crippen molar-refractivity contribution >= 4 is 29.2 Å². The average molecular weight is 269 g/mol. The highest BCUT2D eigenvalue weighted by Crippen LogP contribution is 2.22. The van der Waals surface area contributed by atoms with Gasteiger partial charge in [0.1, 0.15) is 17.5 Å². The Labute approximate surface area is 107 Å². The van der Waals surface area contributed by atoms with Gasteiger partial charge in [-0.1, -0.05) is 11.6 Å². The van der Waals surface area contributed by atoms with Gasteiger partial charge in [0.25, 0.3) is 0 Å². The second-order valence-corrected chi connectivity index (χ2v) is 5.12. The summed E-state index contributed by atoms with van der Waals surface area (Å²) >= 11 is 7.15. The summed E-state index contributed by atoms with van der Waals surface area (Å²) in [6.45, 7) is 2.08. The Morgan fingerprint density at radius 3 is 3.24 bits per heavy atom. The number of nitrogens with zero attached hydrogens (tertiary/aromatic N) is 3. The normalized spacial score (nSPS) is 17.5. The van der Waals surface area contributed by atoms with Gasteiger partial charge in [-0.15, -0.1) is 11.3 Å². The number of hydrogen-bond donors (Lipinski definition) is 1. The maximum Gasteiger partial charge on any atom is 0.183 e. The van der Waals surface area contributed by atoms with E-state index in [4.69, 9.17) is 16.9 Å². The maximum absolute atomic E-state index is 10.7. The van der Waals surface area contributed by atoms with Gasteiger partial charge >= 0.3 is 0 Å². The highest BCUT2D eigenvalue weighted by atomic mass is 35.5. The van der Waals surface area contributed by atoms with Crippen LogP contribution in [-0.4, -0.2) is 29.3 Å². The van der Waals surface area contributed by atoms with Crippen molar-refractivity contribution in [3.05, 3.63) is 26.9 Å². The molecule has 7 heteroatoms. The van der Waals surface area contributed by atoms with Crippen LogP contribution in [0.25, 0.3) is 0 Å². The van der Waals surface area contributed by atoms with Crippen molar-refractivity contribution in [2.45, 2.75) is 6.54 Å². The quantitative estimate of drug-likeness (QED) is 0.506. The van der Waals surface area contributed by atoms with Crippen molar-refractivity contribution in [3.63, 3.8) is 0 Å². The summed E-state index contributed by atoms with van der Waals surface area (Å²) < 4.78 is 0.494. The lowest BCUT2D eigenvalue weighted by Gasteiger charge is -2.17. The van der Waals surface area contributed by atoms with Crippen LogP contribution in [0, 0.1) is 11.3 Å². The number of rotatable bonds is 3. The van der Waals surface area contributed by atoms with Crippen LogP contribution in [0.2, 0.25) is 4.47 Å². The lowest BCUT2D eigenvalue weighted by molar-refractivity contribution is -0.104. The van der Waals surface area contributed by atoms with Gasteiger partial charge in [-0.05, 0) is 0 Å². The Morgan fingerprint density at radius 1 is 1.82 bits per heavy atom. The van der Waals surface area contributed by atoms with E-state index in [1.54, 1.807) is 6.20 Å². The molecule has 0 atom stereocenters. The second kappa shape index (κ2) is 5.17. The molecule has 1 aliphatic heterocycles. The van der Waals surface area contributed by atoms with E-state index in [0.717, 1.165) is 18.0 Å². The largest absolute Gasteiger partial charge is 0.369 e. The van der Waals surface area contributed by atoms with Crippen LogP contribution in [-0.2, 0) is 11.3 Å². The van der Waals surface area contributed by atoms with E-state index in [1.165, 1.54) is 11.3 Å². The Kier molecular flexibility index (Phi) is 3.61. The highest BCUT2D eigenvalue weighted by molar-refractivity contribution is 7.15. The molecule has 1 N–H and O–H groups in total. The van der Waals surface area contributed by atoms with Crippen molar-refractivity contribution in [2.24, 2.45) is 0 Å².